The molecule has 0 saturated carbocycles. The maximum absolute atomic E-state index is 13.0. The predicted octanol–water partition coefficient (Wildman–Crippen LogP) is 4.43. The molecule has 4 rings (SSSR count). The summed E-state index contributed by atoms with van der Waals surface area (Å²) in [5.41, 5.74) is 2.89. The summed E-state index contributed by atoms with van der Waals surface area (Å²) in [5.74, 6) is 1.30. The van der Waals surface area contributed by atoms with E-state index in [2.05, 4.69) is 20.1 Å². The molecule has 0 bridgehead atoms. The normalized spacial score (nSPS) is 12.4. The molecule has 146 valence electrons. The van der Waals surface area contributed by atoms with Gasteiger partial charge in [-0.15, -0.1) is 11.8 Å². The fourth-order valence-electron chi connectivity index (χ4n) is 3.20. The second kappa shape index (κ2) is 6.47. The molecule has 0 aliphatic heterocycles. The Labute approximate surface area is 162 Å². The first-order chi connectivity index (χ1) is 13.2. The first-order valence-corrected chi connectivity index (χ1v) is 9.59. The summed E-state index contributed by atoms with van der Waals surface area (Å²) in [5, 5.41) is 5.40. The Balaban J connectivity index is 2.03. The number of halogens is 3. The lowest BCUT2D eigenvalue weighted by Gasteiger charge is -2.05. The Morgan fingerprint density at radius 2 is 1.89 bits per heavy atom. The summed E-state index contributed by atoms with van der Waals surface area (Å²) >= 11 is 1.54. The van der Waals surface area contributed by atoms with E-state index in [-0.39, 0.29) is 5.52 Å². The van der Waals surface area contributed by atoms with E-state index in [1.54, 1.807) is 27.9 Å². The molecule has 28 heavy (non-hydrogen) atoms. The van der Waals surface area contributed by atoms with Gasteiger partial charge in [0.25, 0.3) is 0 Å². The topological polar surface area (TPSA) is 60.9 Å². The zero-order valence-electron chi connectivity index (χ0n) is 15.7. The van der Waals surface area contributed by atoms with E-state index in [4.69, 9.17) is 0 Å². The van der Waals surface area contributed by atoms with E-state index in [1.807, 2.05) is 26.8 Å². The van der Waals surface area contributed by atoms with Crippen LogP contribution in [0.3, 0.4) is 0 Å². The van der Waals surface area contributed by atoms with Crippen molar-refractivity contribution >= 4 is 28.4 Å². The van der Waals surface area contributed by atoms with Crippen LogP contribution in [-0.2, 0) is 13.2 Å². The monoisotopic (exact) mass is 406 g/mol. The van der Waals surface area contributed by atoms with Crippen LogP contribution in [0, 0.1) is 13.8 Å². The Hall–Kier alpha value is -2.62. The third-order valence-corrected chi connectivity index (χ3v) is 5.27. The number of nitrogens with zero attached hydrogens (tertiary/aromatic N) is 6. The average molecular weight is 406 g/mol. The highest BCUT2D eigenvalue weighted by Crippen LogP contribution is 2.36. The van der Waals surface area contributed by atoms with E-state index in [0.29, 0.717) is 22.6 Å². The predicted molar refractivity (Wildman–Crippen MR) is 101 cm³/mol. The smallest absolute Gasteiger partial charge is 0.326 e. The van der Waals surface area contributed by atoms with Gasteiger partial charge in [-0.05, 0) is 31.7 Å². The summed E-state index contributed by atoms with van der Waals surface area (Å²) in [6.07, 6.45) is -3.31. The highest BCUT2D eigenvalue weighted by atomic mass is 32.2. The lowest BCUT2D eigenvalue weighted by molar-refractivity contribution is -0.141. The van der Waals surface area contributed by atoms with Crippen molar-refractivity contribution in [1.29, 1.82) is 0 Å². The minimum absolute atomic E-state index is 0.232. The maximum atomic E-state index is 13.0. The van der Waals surface area contributed by atoms with Gasteiger partial charge in [0.05, 0.1) is 22.8 Å². The van der Waals surface area contributed by atoms with Crippen LogP contribution in [0.2, 0.25) is 0 Å². The number of pyridine rings is 1. The van der Waals surface area contributed by atoms with E-state index in [9.17, 15) is 13.2 Å². The number of aromatic nitrogens is 6. The van der Waals surface area contributed by atoms with Gasteiger partial charge >= 0.3 is 6.18 Å². The van der Waals surface area contributed by atoms with Crippen LogP contribution in [0.4, 0.5) is 13.2 Å². The second-order valence-electron chi connectivity index (χ2n) is 6.44. The molecule has 10 heteroatoms. The number of fused-ring (bicyclic) bond motifs is 2. The molecule has 6 nitrogen and oxygen atoms in total. The lowest BCUT2D eigenvalue weighted by atomic mass is 10.3. The van der Waals surface area contributed by atoms with Crippen LogP contribution in [-0.4, -0.2) is 34.9 Å². The molecule has 4 aromatic heterocycles. The molecule has 4 aromatic rings. The van der Waals surface area contributed by atoms with Crippen molar-refractivity contribution in [3.05, 3.63) is 35.4 Å². The number of alkyl halides is 3. The summed E-state index contributed by atoms with van der Waals surface area (Å²) in [6, 6.07) is 2.90. The van der Waals surface area contributed by atoms with Crippen molar-refractivity contribution < 1.29 is 13.2 Å². The molecule has 0 fully saturated rings. The number of hydrogen-bond donors (Lipinski definition) is 0. The van der Waals surface area contributed by atoms with Gasteiger partial charge in [-0.3, -0.25) is 0 Å². The van der Waals surface area contributed by atoms with E-state index >= 15 is 0 Å². The summed E-state index contributed by atoms with van der Waals surface area (Å²) in [4.78, 5) is 12.7. The largest absolute Gasteiger partial charge is 0.433 e. The summed E-state index contributed by atoms with van der Waals surface area (Å²) < 4.78 is 42.6. The van der Waals surface area contributed by atoms with Crippen molar-refractivity contribution in [2.45, 2.75) is 32.0 Å². The molecule has 0 saturated heterocycles. The molecule has 0 atom stereocenters. The standard InChI is InChI=1S/C18H17F3N6S/c1-5-28-17-14(16-23-9(2)6-10(3)27(16)25-17)15-24-11-7-13(18(19,20)21)22-8-12(11)26(15)4/h6-8H,5H2,1-4H3. The van der Waals surface area contributed by atoms with E-state index in [0.717, 1.165) is 28.2 Å². The van der Waals surface area contributed by atoms with Crippen LogP contribution in [0.1, 0.15) is 24.0 Å². The molecule has 0 aromatic carbocycles. The number of imidazole rings is 1. The van der Waals surface area contributed by atoms with Crippen LogP contribution < -0.4 is 0 Å². The highest BCUT2D eigenvalue weighted by Gasteiger charge is 2.33. The number of hydrogen-bond acceptors (Lipinski definition) is 5. The number of thioether (sulfide) groups is 1. The van der Waals surface area contributed by atoms with Crippen molar-refractivity contribution in [2.24, 2.45) is 7.05 Å². The Morgan fingerprint density at radius 1 is 1.14 bits per heavy atom. The molecule has 0 radical (unpaired) electrons. The summed E-state index contributed by atoms with van der Waals surface area (Å²) in [6.45, 7) is 5.84. The molecule has 0 spiro atoms. The molecule has 0 unspecified atom stereocenters. The minimum atomic E-state index is -4.52. The fourth-order valence-corrected chi connectivity index (χ4v) is 3.94. The molecule has 0 N–H and O–H groups in total. The van der Waals surface area contributed by atoms with Crippen LogP contribution in [0.5, 0.6) is 0 Å². The van der Waals surface area contributed by atoms with Crippen LogP contribution in [0.25, 0.3) is 28.1 Å². The van der Waals surface area contributed by atoms with Crippen molar-refractivity contribution in [1.82, 2.24) is 29.1 Å². The van der Waals surface area contributed by atoms with Gasteiger partial charge in [0.1, 0.15) is 16.5 Å². The summed E-state index contributed by atoms with van der Waals surface area (Å²) in [7, 11) is 1.76. The van der Waals surface area contributed by atoms with Gasteiger partial charge in [0, 0.05) is 18.4 Å². The minimum Gasteiger partial charge on any atom is -0.326 e. The fraction of sp³-hybridized carbons (Fsp3) is 0.333. The highest BCUT2D eigenvalue weighted by molar-refractivity contribution is 7.99. The Bertz CT molecular complexity index is 1210. The molecule has 0 aliphatic rings. The third-order valence-electron chi connectivity index (χ3n) is 4.43. The van der Waals surface area contributed by atoms with Crippen LogP contribution in [0.15, 0.2) is 23.4 Å². The molecule has 4 heterocycles. The molecular weight excluding hydrogens is 389 g/mol. The SMILES string of the molecule is CCSc1nn2c(C)cc(C)nc2c1-c1nc2cc(C(F)(F)F)ncc2n1C. The van der Waals surface area contributed by atoms with Crippen molar-refractivity contribution in [3.63, 3.8) is 0 Å². The van der Waals surface area contributed by atoms with Gasteiger partial charge in [-0.25, -0.2) is 19.5 Å². The van der Waals surface area contributed by atoms with Crippen molar-refractivity contribution in [2.75, 3.05) is 5.75 Å². The van der Waals surface area contributed by atoms with Crippen molar-refractivity contribution in [3.8, 4) is 11.4 Å². The van der Waals surface area contributed by atoms with Gasteiger partial charge < -0.3 is 4.57 Å². The quantitative estimate of drug-likeness (QED) is 0.471. The third kappa shape index (κ3) is 2.92. The Morgan fingerprint density at radius 3 is 2.57 bits per heavy atom. The zero-order chi connectivity index (χ0) is 20.2. The first-order valence-electron chi connectivity index (χ1n) is 8.60. The zero-order valence-corrected chi connectivity index (χ0v) is 16.5. The van der Waals surface area contributed by atoms with Gasteiger partial charge in [-0.2, -0.15) is 18.3 Å². The Kier molecular flexibility index (Phi) is 4.33. The lowest BCUT2D eigenvalue weighted by Crippen LogP contribution is -2.07. The van der Waals surface area contributed by atoms with E-state index in [1.165, 1.54) is 6.20 Å². The molecule has 0 amide bonds. The van der Waals surface area contributed by atoms with Gasteiger partial charge in [0.15, 0.2) is 5.65 Å². The molecular formula is C18H17F3N6S. The first kappa shape index (κ1) is 18.7. The van der Waals surface area contributed by atoms with E-state index < -0.39 is 11.9 Å². The van der Waals surface area contributed by atoms with Gasteiger partial charge in [0.2, 0.25) is 0 Å². The second-order valence-corrected chi connectivity index (χ2v) is 7.69. The molecule has 0 aliphatic carbocycles. The van der Waals surface area contributed by atoms with Crippen LogP contribution >= 0.6 is 11.8 Å². The number of aryl methyl sites for hydroxylation is 3. The maximum Gasteiger partial charge on any atom is 0.433 e. The van der Waals surface area contributed by atoms with Gasteiger partial charge in [-0.1, -0.05) is 6.92 Å². The number of rotatable bonds is 3. The average Bonchev–Trinajstić information content (AvgIpc) is 3.12.